The fourth-order valence-electron chi connectivity index (χ4n) is 2.38. The molecular formula is C13H13ClN4O2. The van der Waals surface area contributed by atoms with Crippen LogP contribution in [0.3, 0.4) is 0 Å². The molecule has 0 saturated heterocycles. The SMILES string of the molecule is CCn1c(=O)c2ccccc2n2c(=O)n(CCCl)nc12. The quantitative estimate of drug-likeness (QED) is 0.679. The predicted molar refractivity (Wildman–Crippen MR) is 77.6 cm³/mol. The first-order valence-corrected chi connectivity index (χ1v) is 6.89. The van der Waals surface area contributed by atoms with Gasteiger partial charge in [-0.05, 0) is 19.1 Å². The number of aryl methyl sites for hydroxylation is 2. The third-order valence-corrected chi connectivity index (χ3v) is 3.47. The number of benzene rings is 1. The van der Waals surface area contributed by atoms with Gasteiger partial charge in [0.05, 0.1) is 17.4 Å². The monoisotopic (exact) mass is 292 g/mol. The van der Waals surface area contributed by atoms with E-state index in [4.69, 9.17) is 11.6 Å². The van der Waals surface area contributed by atoms with Crippen molar-refractivity contribution in [3.63, 3.8) is 0 Å². The minimum Gasteiger partial charge on any atom is -0.277 e. The van der Waals surface area contributed by atoms with Crippen molar-refractivity contribution in [2.75, 3.05) is 5.88 Å². The van der Waals surface area contributed by atoms with Gasteiger partial charge in [-0.2, -0.15) is 0 Å². The van der Waals surface area contributed by atoms with E-state index in [9.17, 15) is 9.59 Å². The molecule has 3 aromatic rings. The minimum atomic E-state index is -0.279. The number of alkyl halides is 1. The Hall–Kier alpha value is -2.08. The van der Waals surface area contributed by atoms with Gasteiger partial charge in [0.25, 0.3) is 5.56 Å². The second kappa shape index (κ2) is 4.79. The van der Waals surface area contributed by atoms with Gasteiger partial charge in [0.2, 0.25) is 5.78 Å². The molecule has 2 aromatic heterocycles. The maximum absolute atomic E-state index is 12.4. The number of hydrogen-bond acceptors (Lipinski definition) is 3. The summed E-state index contributed by atoms with van der Waals surface area (Å²) in [6.45, 7) is 2.61. The van der Waals surface area contributed by atoms with E-state index < -0.39 is 0 Å². The number of nitrogens with zero attached hydrogens (tertiary/aromatic N) is 4. The fraction of sp³-hybridized carbons (Fsp3) is 0.308. The van der Waals surface area contributed by atoms with Crippen molar-refractivity contribution < 1.29 is 0 Å². The molecule has 104 valence electrons. The summed E-state index contributed by atoms with van der Waals surface area (Å²) in [5.41, 5.74) is 0.153. The zero-order valence-corrected chi connectivity index (χ0v) is 11.7. The van der Waals surface area contributed by atoms with Gasteiger partial charge in [-0.1, -0.05) is 12.1 Å². The van der Waals surface area contributed by atoms with Crippen LogP contribution in [0.25, 0.3) is 16.7 Å². The minimum absolute atomic E-state index is 0.140. The summed E-state index contributed by atoms with van der Waals surface area (Å²) in [4.78, 5) is 24.8. The van der Waals surface area contributed by atoms with Crippen LogP contribution in [0.15, 0.2) is 33.9 Å². The Kier molecular flexibility index (Phi) is 3.10. The molecule has 0 radical (unpaired) electrons. The molecule has 3 rings (SSSR count). The highest BCUT2D eigenvalue weighted by Crippen LogP contribution is 2.10. The second-order valence-corrected chi connectivity index (χ2v) is 4.77. The molecule has 0 N–H and O–H groups in total. The predicted octanol–water partition coefficient (Wildman–Crippen LogP) is 1.07. The average Bonchev–Trinajstić information content (AvgIpc) is 2.77. The second-order valence-electron chi connectivity index (χ2n) is 4.40. The van der Waals surface area contributed by atoms with Crippen LogP contribution in [0.5, 0.6) is 0 Å². The van der Waals surface area contributed by atoms with Gasteiger partial charge in [0.1, 0.15) is 0 Å². The fourth-order valence-corrected chi connectivity index (χ4v) is 2.54. The molecule has 7 heteroatoms. The van der Waals surface area contributed by atoms with Gasteiger partial charge in [-0.3, -0.25) is 9.36 Å². The van der Waals surface area contributed by atoms with Gasteiger partial charge in [-0.25, -0.2) is 13.9 Å². The van der Waals surface area contributed by atoms with Crippen LogP contribution in [-0.2, 0) is 13.1 Å². The van der Waals surface area contributed by atoms with E-state index in [-0.39, 0.29) is 17.1 Å². The Bertz CT molecular complexity index is 906. The first kappa shape index (κ1) is 12.9. The van der Waals surface area contributed by atoms with E-state index in [2.05, 4.69) is 5.10 Å². The molecule has 0 spiro atoms. The van der Waals surface area contributed by atoms with Crippen LogP contribution in [0.1, 0.15) is 6.92 Å². The zero-order chi connectivity index (χ0) is 14.3. The zero-order valence-electron chi connectivity index (χ0n) is 10.9. The highest BCUT2D eigenvalue weighted by molar-refractivity contribution is 6.17. The lowest BCUT2D eigenvalue weighted by molar-refractivity contribution is 0.633. The van der Waals surface area contributed by atoms with E-state index in [1.54, 1.807) is 24.3 Å². The summed E-state index contributed by atoms with van der Waals surface area (Å²) in [5.74, 6) is 0.643. The summed E-state index contributed by atoms with van der Waals surface area (Å²) in [6, 6.07) is 7.04. The molecule has 0 saturated carbocycles. The molecule has 0 fully saturated rings. The average molecular weight is 293 g/mol. The Morgan fingerprint density at radius 1 is 1.25 bits per heavy atom. The molecule has 0 amide bonds. The normalized spacial score (nSPS) is 11.5. The van der Waals surface area contributed by atoms with E-state index >= 15 is 0 Å². The van der Waals surface area contributed by atoms with Crippen molar-refractivity contribution in [2.24, 2.45) is 0 Å². The van der Waals surface area contributed by atoms with E-state index in [1.165, 1.54) is 13.6 Å². The summed E-state index contributed by atoms with van der Waals surface area (Å²) in [7, 11) is 0. The van der Waals surface area contributed by atoms with Gasteiger partial charge in [-0.15, -0.1) is 16.7 Å². The van der Waals surface area contributed by atoms with Crippen LogP contribution in [0, 0.1) is 0 Å². The molecular weight excluding hydrogens is 280 g/mol. The van der Waals surface area contributed by atoms with Crippen molar-refractivity contribution in [3.8, 4) is 0 Å². The summed E-state index contributed by atoms with van der Waals surface area (Å²) in [6.07, 6.45) is 0. The first-order chi connectivity index (χ1) is 9.69. The summed E-state index contributed by atoms with van der Waals surface area (Å²) in [5, 5.41) is 4.74. The number of para-hydroxylation sites is 1. The smallest absolute Gasteiger partial charge is 0.277 e. The molecule has 20 heavy (non-hydrogen) atoms. The topological polar surface area (TPSA) is 61.3 Å². The number of rotatable bonds is 3. The number of halogens is 1. The third-order valence-electron chi connectivity index (χ3n) is 3.30. The first-order valence-electron chi connectivity index (χ1n) is 6.36. The molecule has 0 aliphatic heterocycles. The van der Waals surface area contributed by atoms with Crippen molar-refractivity contribution in [2.45, 2.75) is 20.0 Å². The largest absolute Gasteiger partial charge is 0.352 e. The van der Waals surface area contributed by atoms with Crippen molar-refractivity contribution in [1.29, 1.82) is 0 Å². The van der Waals surface area contributed by atoms with Gasteiger partial charge in [0.15, 0.2) is 0 Å². The highest BCUT2D eigenvalue weighted by Gasteiger charge is 2.15. The molecule has 0 bridgehead atoms. The highest BCUT2D eigenvalue weighted by atomic mass is 35.5. The lowest BCUT2D eigenvalue weighted by atomic mass is 10.2. The number of fused-ring (bicyclic) bond motifs is 3. The molecule has 0 unspecified atom stereocenters. The molecule has 6 nitrogen and oxygen atoms in total. The van der Waals surface area contributed by atoms with Crippen LogP contribution < -0.4 is 11.2 Å². The standard InChI is InChI=1S/C13H13ClN4O2/c1-2-16-11(19)9-5-3-4-6-10(9)18-12(16)15-17(8-7-14)13(18)20/h3-6H,2,7-8H2,1H3. The number of aromatic nitrogens is 4. The van der Waals surface area contributed by atoms with Gasteiger partial charge < -0.3 is 0 Å². The summed E-state index contributed by atoms with van der Waals surface area (Å²) >= 11 is 5.68. The Balaban J connectivity index is 2.59. The molecule has 0 atom stereocenters. The number of hydrogen-bond donors (Lipinski definition) is 0. The Morgan fingerprint density at radius 2 is 2.00 bits per heavy atom. The lowest BCUT2D eigenvalue weighted by Gasteiger charge is -2.06. The van der Waals surface area contributed by atoms with Crippen LogP contribution in [0.4, 0.5) is 0 Å². The lowest BCUT2D eigenvalue weighted by Crippen LogP contribution is -2.26. The summed E-state index contributed by atoms with van der Waals surface area (Å²) < 4.78 is 4.25. The maximum atomic E-state index is 12.4. The molecule has 2 heterocycles. The van der Waals surface area contributed by atoms with E-state index in [0.29, 0.717) is 29.8 Å². The van der Waals surface area contributed by atoms with Crippen LogP contribution in [-0.4, -0.2) is 24.6 Å². The third kappa shape index (κ3) is 1.68. The Labute approximate surface area is 118 Å². The van der Waals surface area contributed by atoms with E-state index in [0.717, 1.165) is 0 Å². The van der Waals surface area contributed by atoms with Gasteiger partial charge >= 0.3 is 5.69 Å². The molecule has 0 aliphatic carbocycles. The van der Waals surface area contributed by atoms with E-state index in [1.807, 2.05) is 6.92 Å². The maximum Gasteiger partial charge on any atom is 0.352 e. The van der Waals surface area contributed by atoms with Crippen LogP contribution >= 0.6 is 11.6 Å². The van der Waals surface area contributed by atoms with Crippen molar-refractivity contribution >= 4 is 28.3 Å². The molecule has 1 aromatic carbocycles. The van der Waals surface area contributed by atoms with Crippen molar-refractivity contribution in [3.05, 3.63) is 45.1 Å². The van der Waals surface area contributed by atoms with Gasteiger partial charge in [0, 0.05) is 12.4 Å². The Morgan fingerprint density at radius 3 is 2.70 bits per heavy atom. The van der Waals surface area contributed by atoms with Crippen molar-refractivity contribution in [1.82, 2.24) is 18.7 Å². The molecule has 0 aliphatic rings. The van der Waals surface area contributed by atoms with Crippen LogP contribution in [0.2, 0.25) is 0 Å².